The molecule has 2 saturated heterocycles. The standard InChI is InChI=1S/C21H27N5O2/c1-28-20-6-5-16(14-25-8-4-7-22-21(27)15-25)11-18(20)19-12-17(13-23-24-19)26-9-2-3-10-26/h5-6,11-13H,2-4,7-10,14-15H2,1H3,(H,22,27). The van der Waals surface area contributed by atoms with Crippen LogP contribution in [0.4, 0.5) is 5.69 Å². The Kier molecular flexibility index (Phi) is 5.71. The van der Waals surface area contributed by atoms with Crippen molar-refractivity contribution in [2.75, 3.05) is 44.7 Å². The fourth-order valence-corrected chi connectivity index (χ4v) is 3.95. The fourth-order valence-electron chi connectivity index (χ4n) is 3.95. The number of ether oxygens (including phenoxy) is 1. The normalized spacial score (nSPS) is 18.0. The summed E-state index contributed by atoms with van der Waals surface area (Å²) in [5.74, 6) is 0.876. The zero-order valence-corrected chi connectivity index (χ0v) is 16.4. The van der Waals surface area contributed by atoms with Gasteiger partial charge in [0.15, 0.2) is 0 Å². The number of carbonyl (C=O) groups excluding carboxylic acids is 1. The number of carbonyl (C=O) groups is 1. The summed E-state index contributed by atoms with van der Waals surface area (Å²) < 4.78 is 5.59. The number of methoxy groups -OCH3 is 1. The second-order valence-electron chi connectivity index (χ2n) is 7.44. The zero-order valence-electron chi connectivity index (χ0n) is 16.4. The SMILES string of the molecule is COc1ccc(CN2CCCNC(=O)C2)cc1-c1cc(N2CCCC2)cnn1. The maximum absolute atomic E-state index is 11.8. The summed E-state index contributed by atoms with van der Waals surface area (Å²) in [4.78, 5) is 16.4. The van der Waals surface area contributed by atoms with Crippen LogP contribution in [0.3, 0.4) is 0 Å². The highest BCUT2D eigenvalue weighted by Gasteiger charge is 2.18. The molecule has 28 heavy (non-hydrogen) atoms. The van der Waals surface area contributed by atoms with Gasteiger partial charge < -0.3 is 15.0 Å². The van der Waals surface area contributed by atoms with Crippen LogP contribution in [0, 0.1) is 0 Å². The van der Waals surface area contributed by atoms with Gasteiger partial charge in [0, 0.05) is 38.3 Å². The highest BCUT2D eigenvalue weighted by molar-refractivity contribution is 5.78. The number of nitrogens with zero attached hydrogens (tertiary/aromatic N) is 4. The molecular weight excluding hydrogens is 354 g/mol. The number of amides is 1. The van der Waals surface area contributed by atoms with Gasteiger partial charge in [-0.1, -0.05) is 6.07 Å². The van der Waals surface area contributed by atoms with Gasteiger partial charge in [-0.2, -0.15) is 10.2 Å². The lowest BCUT2D eigenvalue weighted by Crippen LogP contribution is -2.32. The molecule has 0 aliphatic carbocycles. The maximum Gasteiger partial charge on any atom is 0.234 e. The Morgan fingerprint density at radius 3 is 2.82 bits per heavy atom. The predicted molar refractivity (Wildman–Crippen MR) is 108 cm³/mol. The van der Waals surface area contributed by atoms with Crippen molar-refractivity contribution in [3.8, 4) is 17.0 Å². The van der Waals surface area contributed by atoms with Crippen LogP contribution in [0.25, 0.3) is 11.3 Å². The van der Waals surface area contributed by atoms with E-state index < -0.39 is 0 Å². The van der Waals surface area contributed by atoms with Gasteiger partial charge >= 0.3 is 0 Å². The molecule has 0 saturated carbocycles. The van der Waals surface area contributed by atoms with E-state index in [9.17, 15) is 4.79 Å². The number of anilines is 1. The summed E-state index contributed by atoms with van der Waals surface area (Å²) in [7, 11) is 1.68. The molecule has 4 rings (SSSR count). The zero-order chi connectivity index (χ0) is 19.3. The molecule has 0 unspecified atom stereocenters. The van der Waals surface area contributed by atoms with Crippen molar-refractivity contribution in [1.29, 1.82) is 0 Å². The minimum Gasteiger partial charge on any atom is -0.496 e. The second kappa shape index (κ2) is 8.56. The molecule has 0 radical (unpaired) electrons. The largest absolute Gasteiger partial charge is 0.496 e. The van der Waals surface area contributed by atoms with Gasteiger partial charge in [-0.05, 0) is 43.0 Å². The molecule has 2 aliphatic rings. The Labute approximate surface area is 165 Å². The van der Waals surface area contributed by atoms with Crippen molar-refractivity contribution in [2.45, 2.75) is 25.8 Å². The molecule has 0 spiro atoms. The molecule has 7 heteroatoms. The predicted octanol–water partition coefficient (Wildman–Crippen LogP) is 2.07. The van der Waals surface area contributed by atoms with E-state index in [1.807, 2.05) is 12.3 Å². The first kappa shape index (κ1) is 18.7. The maximum atomic E-state index is 11.8. The molecule has 0 bridgehead atoms. The van der Waals surface area contributed by atoms with Crippen LogP contribution in [0.1, 0.15) is 24.8 Å². The number of hydrogen-bond acceptors (Lipinski definition) is 6. The molecule has 1 aromatic heterocycles. The van der Waals surface area contributed by atoms with E-state index in [1.165, 1.54) is 12.8 Å². The Balaban J connectivity index is 1.60. The minimum absolute atomic E-state index is 0.0930. The highest BCUT2D eigenvalue weighted by atomic mass is 16.5. The Hall–Kier alpha value is -2.67. The molecular formula is C21H27N5O2. The van der Waals surface area contributed by atoms with E-state index in [-0.39, 0.29) is 5.91 Å². The van der Waals surface area contributed by atoms with E-state index in [0.29, 0.717) is 6.54 Å². The first-order chi connectivity index (χ1) is 13.7. The highest BCUT2D eigenvalue weighted by Crippen LogP contribution is 2.32. The smallest absolute Gasteiger partial charge is 0.234 e. The average Bonchev–Trinajstić information content (AvgIpc) is 3.18. The van der Waals surface area contributed by atoms with Crippen LogP contribution in [0.2, 0.25) is 0 Å². The number of rotatable bonds is 5. The van der Waals surface area contributed by atoms with Crippen LogP contribution in [0.15, 0.2) is 30.5 Å². The Morgan fingerprint density at radius 1 is 1.14 bits per heavy atom. The summed E-state index contributed by atoms with van der Waals surface area (Å²) in [6, 6.07) is 8.24. The van der Waals surface area contributed by atoms with Crippen molar-refractivity contribution in [1.82, 2.24) is 20.4 Å². The summed E-state index contributed by atoms with van der Waals surface area (Å²) in [6.45, 7) is 4.96. The number of aromatic nitrogens is 2. The summed E-state index contributed by atoms with van der Waals surface area (Å²) in [6.07, 6.45) is 5.25. The van der Waals surface area contributed by atoms with Crippen molar-refractivity contribution in [3.05, 3.63) is 36.0 Å². The summed E-state index contributed by atoms with van der Waals surface area (Å²) in [5, 5.41) is 11.5. The quantitative estimate of drug-likeness (QED) is 0.855. The van der Waals surface area contributed by atoms with Crippen LogP contribution >= 0.6 is 0 Å². The number of hydrogen-bond donors (Lipinski definition) is 1. The number of benzene rings is 1. The molecule has 2 aromatic rings. The molecule has 1 amide bonds. The van der Waals surface area contributed by atoms with E-state index in [0.717, 1.165) is 67.4 Å². The van der Waals surface area contributed by atoms with E-state index in [1.54, 1.807) is 7.11 Å². The van der Waals surface area contributed by atoms with E-state index in [4.69, 9.17) is 4.74 Å². The lowest BCUT2D eigenvalue weighted by atomic mass is 10.1. The lowest BCUT2D eigenvalue weighted by molar-refractivity contribution is -0.121. The van der Waals surface area contributed by atoms with Crippen molar-refractivity contribution in [3.63, 3.8) is 0 Å². The van der Waals surface area contributed by atoms with Crippen molar-refractivity contribution >= 4 is 11.6 Å². The Morgan fingerprint density at radius 2 is 2.00 bits per heavy atom. The summed E-state index contributed by atoms with van der Waals surface area (Å²) >= 11 is 0. The van der Waals surface area contributed by atoms with Gasteiger partial charge in [0.1, 0.15) is 5.75 Å². The monoisotopic (exact) mass is 381 g/mol. The third-order valence-electron chi connectivity index (χ3n) is 5.40. The third-order valence-corrected chi connectivity index (χ3v) is 5.40. The molecule has 2 aliphatic heterocycles. The first-order valence-corrected chi connectivity index (χ1v) is 9.97. The van der Waals surface area contributed by atoms with Gasteiger partial charge in [-0.25, -0.2) is 0 Å². The van der Waals surface area contributed by atoms with Crippen LogP contribution in [-0.4, -0.2) is 60.8 Å². The molecule has 3 heterocycles. The van der Waals surface area contributed by atoms with Gasteiger partial charge in [0.25, 0.3) is 0 Å². The summed E-state index contributed by atoms with van der Waals surface area (Å²) in [5.41, 5.74) is 4.00. The van der Waals surface area contributed by atoms with Crippen LogP contribution in [-0.2, 0) is 11.3 Å². The van der Waals surface area contributed by atoms with Crippen LogP contribution < -0.4 is 15.0 Å². The number of nitrogens with one attached hydrogen (secondary N) is 1. The average molecular weight is 381 g/mol. The van der Waals surface area contributed by atoms with Crippen molar-refractivity contribution in [2.24, 2.45) is 0 Å². The van der Waals surface area contributed by atoms with Gasteiger partial charge in [-0.15, -0.1) is 0 Å². The fraction of sp³-hybridized carbons (Fsp3) is 0.476. The van der Waals surface area contributed by atoms with Gasteiger partial charge in [0.05, 0.1) is 31.2 Å². The Bertz CT molecular complexity index is 835. The molecule has 148 valence electrons. The van der Waals surface area contributed by atoms with E-state index >= 15 is 0 Å². The molecule has 7 nitrogen and oxygen atoms in total. The van der Waals surface area contributed by atoms with Crippen molar-refractivity contribution < 1.29 is 9.53 Å². The first-order valence-electron chi connectivity index (χ1n) is 9.97. The van der Waals surface area contributed by atoms with Crippen LogP contribution in [0.5, 0.6) is 5.75 Å². The van der Waals surface area contributed by atoms with Gasteiger partial charge in [0.2, 0.25) is 5.91 Å². The molecule has 2 fully saturated rings. The third kappa shape index (κ3) is 4.25. The van der Waals surface area contributed by atoms with E-state index in [2.05, 4.69) is 43.5 Å². The molecule has 1 aromatic carbocycles. The lowest BCUT2D eigenvalue weighted by Gasteiger charge is -2.20. The molecule has 1 N–H and O–H groups in total. The minimum atomic E-state index is 0.0930. The topological polar surface area (TPSA) is 70.6 Å². The second-order valence-corrected chi connectivity index (χ2v) is 7.44. The van der Waals surface area contributed by atoms with Gasteiger partial charge in [-0.3, -0.25) is 9.69 Å². The molecule has 0 atom stereocenters.